The zero-order valence-corrected chi connectivity index (χ0v) is 38.8. The highest BCUT2D eigenvalue weighted by Gasteiger charge is 2.52. The molecule has 1 aliphatic rings. The molecule has 1 fully saturated rings. The highest BCUT2D eigenvalue weighted by molar-refractivity contribution is 7.44. The molecule has 1 saturated heterocycles. The Morgan fingerprint density at radius 1 is 0.906 bits per heavy atom. The molecule has 0 radical (unpaired) electrons. The number of imidazole rings is 1. The Hall–Kier alpha value is -5.28. The molecule has 0 bridgehead atoms. The van der Waals surface area contributed by atoms with Gasteiger partial charge in [-0.25, -0.2) is 14.6 Å². The smallest absolute Gasteiger partial charge is 0.280 e. The van der Waals surface area contributed by atoms with E-state index in [0.717, 1.165) is 16.7 Å². The van der Waals surface area contributed by atoms with E-state index in [-0.39, 0.29) is 62.0 Å². The molecule has 1 N–H and O–H groups in total. The number of H-pyrrole nitrogens is 1. The average Bonchev–Trinajstić information content (AvgIpc) is 3.87. The summed E-state index contributed by atoms with van der Waals surface area (Å²) in [6, 6.07) is 27.7. The third kappa shape index (κ3) is 11.0. The fraction of sp³-hybridized carbons (Fsp3) is 0.457. The largest absolute Gasteiger partial charge is 0.497 e. The molecule has 1 aliphatic heterocycles. The van der Waals surface area contributed by atoms with Crippen LogP contribution in [-0.2, 0) is 33.6 Å². The molecule has 5 aromatic rings. The van der Waals surface area contributed by atoms with E-state index in [2.05, 4.69) is 53.4 Å². The third-order valence-corrected chi connectivity index (χ3v) is 12.6. The molecule has 17 nitrogen and oxygen atoms in total. The van der Waals surface area contributed by atoms with E-state index in [0.29, 0.717) is 11.5 Å². The topological polar surface area (TPSA) is 180 Å². The van der Waals surface area contributed by atoms with Gasteiger partial charge in [-0.3, -0.25) is 14.3 Å². The standard InChI is InChI=1S/C46H59N8O9P/c1-31(2)54(32(3)4)64(61-25-13-24-47)63-40-38(62-44(41(40)59-27-26-56-7)53-30-48-39-42(53)50-45(51-43(39)55)49-29-52(5)6)28-60-46(33-14-11-10-12-15-33,34-16-20-36(57-8)21-17-34)35-18-22-37(58-9)23-19-35/h10-12,14-23,29-32,38,40-41,44H,13,25-28H2,1-9H3,(H,50,51,55)/b49-29-/t38-,40-,41-,44-,64?/m1/s1. The van der Waals surface area contributed by atoms with Crippen LogP contribution >= 0.6 is 8.53 Å². The number of aromatic amines is 1. The number of nitrogens with one attached hydrogen (secondary N) is 1. The molecule has 0 aliphatic carbocycles. The number of benzene rings is 3. The molecule has 2 aromatic heterocycles. The van der Waals surface area contributed by atoms with E-state index in [4.69, 9.17) is 42.5 Å². The Morgan fingerprint density at radius 2 is 1.53 bits per heavy atom. The summed E-state index contributed by atoms with van der Waals surface area (Å²) in [4.78, 5) is 31.4. The number of nitriles is 1. The fourth-order valence-electron chi connectivity index (χ4n) is 7.65. The number of aromatic nitrogens is 4. The Morgan fingerprint density at radius 3 is 2.09 bits per heavy atom. The van der Waals surface area contributed by atoms with Gasteiger partial charge >= 0.3 is 0 Å². The van der Waals surface area contributed by atoms with Crippen LogP contribution in [0, 0.1) is 11.3 Å². The molecule has 342 valence electrons. The van der Waals surface area contributed by atoms with Crippen molar-refractivity contribution >= 4 is 32.0 Å². The first-order valence-electron chi connectivity index (χ1n) is 21.1. The number of hydrogen-bond acceptors (Lipinski definition) is 14. The molecule has 5 atom stereocenters. The molecule has 64 heavy (non-hydrogen) atoms. The zero-order valence-electron chi connectivity index (χ0n) is 37.9. The number of nitrogens with zero attached hydrogens (tertiary/aromatic N) is 7. The predicted molar refractivity (Wildman–Crippen MR) is 244 cm³/mol. The summed E-state index contributed by atoms with van der Waals surface area (Å²) in [5.74, 6) is 1.46. The molecule has 3 aromatic carbocycles. The second-order valence-corrected chi connectivity index (χ2v) is 17.2. The quantitative estimate of drug-likeness (QED) is 0.0234. The van der Waals surface area contributed by atoms with Gasteiger partial charge in [-0.2, -0.15) is 10.2 Å². The van der Waals surface area contributed by atoms with Gasteiger partial charge in [0.25, 0.3) is 14.1 Å². The van der Waals surface area contributed by atoms with Crippen LogP contribution in [0.4, 0.5) is 5.95 Å². The summed E-state index contributed by atoms with van der Waals surface area (Å²) >= 11 is 0. The first-order valence-corrected chi connectivity index (χ1v) is 22.3. The first kappa shape index (κ1) is 48.2. The van der Waals surface area contributed by atoms with Crippen LogP contribution in [0.3, 0.4) is 0 Å². The summed E-state index contributed by atoms with van der Waals surface area (Å²) < 4.78 is 55.3. The van der Waals surface area contributed by atoms with Crippen molar-refractivity contribution in [2.45, 2.75) is 76.3 Å². The van der Waals surface area contributed by atoms with E-state index < -0.39 is 44.2 Å². The number of hydrogen-bond donors (Lipinski definition) is 1. The highest BCUT2D eigenvalue weighted by atomic mass is 31.2. The van der Waals surface area contributed by atoms with Crippen LogP contribution < -0.4 is 15.0 Å². The number of rotatable bonds is 23. The van der Waals surface area contributed by atoms with Gasteiger partial charge in [0.15, 0.2) is 17.4 Å². The monoisotopic (exact) mass is 898 g/mol. The number of methoxy groups -OCH3 is 3. The molecular formula is C46H59N8O9P. The van der Waals surface area contributed by atoms with Crippen molar-refractivity contribution in [3.8, 4) is 17.6 Å². The Kier molecular flexibility index (Phi) is 17.0. The predicted octanol–water partition coefficient (Wildman–Crippen LogP) is 6.96. The average molecular weight is 899 g/mol. The summed E-state index contributed by atoms with van der Waals surface area (Å²) in [5.41, 5.74) is 1.16. The maximum absolute atomic E-state index is 13.4. The Bertz CT molecular complexity index is 2300. The minimum atomic E-state index is -1.82. The van der Waals surface area contributed by atoms with Crippen LogP contribution in [0.5, 0.6) is 11.5 Å². The van der Waals surface area contributed by atoms with Gasteiger partial charge in [0, 0.05) is 33.3 Å². The second kappa shape index (κ2) is 22.6. The maximum atomic E-state index is 13.4. The van der Waals surface area contributed by atoms with Crippen LogP contribution in [0.25, 0.3) is 11.2 Å². The van der Waals surface area contributed by atoms with E-state index in [1.807, 2.05) is 93.0 Å². The number of fused-ring (bicyclic) bond motifs is 1. The van der Waals surface area contributed by atoms with Crippen molar-refractivity contribution in [1.82, 2.24) is 29.1 Å². The Balaban J connectivity index is 1.53. The molecule has 0 spiro atoms. The van der Waals surface area contributed by atoms with Crippen LogP contribution in [-0.4, -0.2) is 128 Å². The lowest BCUT2D eigenvalue weighted by Gasteiger charge is -2.39. The normalized spacial score (nSPS) is 18.4. The van der Waals surface area contributed by atoms with E-state index >= 15 is 0 Å². The molecule has 0 amide bonds. The lowest BCUT2D eigenvalue weighted by atomic mass is 9.80. The van der Waals surface area contributed by atoms with Crippen LogP contribution in [0.15, 0.2) is 95.0 Å². The summed E-state index contributed by atoms with van der Waals surface area (Å²) in [7, 11) is 6.66. The highest BCUT2D eigenvalue weighted by Crippen LogP contribution is 2.51. The third-order valence-electron chi connectivity index (χ3n) is 10.5. The Labute approximate surface area is 375 Å². The minimum absolute atomic E-state index is 0.000548. The van der Waals surface area contributed by atoms with Crippen molar-refractivity contribution in [3.63, 3.8) is 0 Å². The van der Waals surface area contributed by atoms with Crippen molar-refractivity contribution < 1.29 is 37.5 Å². The molecule has 0 saturated carbocycles. The van der Waals surface area contributed by atoms with Gasteiger partial charge < -0.3 is 42.4 Å². The van der Waals surface area contributed by atoms with Crippen molar-refractivity contribution in [2.24, 2.45) is 4.99 Å². The van der Waals surface area contributed by atoms with Crippen LogP contribution in [0.1, 0.15) is 57.0 Å². The SMILES string of the molecule is COCCO[C@@H]1[C@H](OP(OCCC#N)N(C(C)C)C(C)C)[C@@H](COC(c2ccccc2)(c2ccc(OC)cc2)c2ccc(OC)cc2)O[C@H]1n1cnc2c(=O)[nH]c(/N=C\N(C)C)nc21. The minimum Gasteiger partial charge on any atom is -0.497 e. The van der Waals surface area contributed by atoms with Crippen LogP contribution in [0.2, 0.25) is 0 Å². The maximum Gasteiger partial charge on any atom is 0.280 e. The van der Waals surface area contributed by atoms with Gasteiger partial charge in [0.1, 0.15) is 35.4 Å². The second-order valence-electron chi connectivity index (χ2n) is 15.7. The van der Waals surface area contributed by atoms with Gasteiger partial charge in [-0.1, -0.05) is 54.6 Å². The number of aliphatic imine (C=N–C) groups is 1. The van der Waals surface area contributed by atoms with E-state index in [1.165, 1.54) is 6.33 Å². The molecular weight excluding hydrogens is 840 g/mol. The number of ether oxygens (including phenoxy) is 6. The van der Waals surface area contributed by atoms with Gasteiger partial charge in [-0.05, 0) is 68.7 Å². The van der Waals surface area contributed by atoms with Gasteiger partial charge in [-0.15, -0.1) is 0 Å². The summed E-state index contributed by atoms with van der Waals surface area (Å²) in [5, 5.41) is 9.53. The van der Waals surface area contributed by atoms with Gasteiger partial charge in [0.2, 0.25) is 5.95 Å². The van der Waals surface area contributed by atoms with Crippen molar-refractivity contribution in [3.05, 3.63) is 112 Å². The molecule has 3 heterocycles. The van der Waals surface area contributed by atoms with Crippen molar-refractivity contribution in [1.29, 1.82) is 5.26 Å². The fourth-order valence-corrected chi connectivity index (χ4v) is 9.42. The molecule has 1 unspecified atom stereocenters. The van der Waals surface area contributed by atoms with E-state index in [1.54, 1.807) is 37.1 Å². The van der Waals surface area contributed by atoms with Crippen molar-refractivity contribution in [2.75, 3.05) is 61.9 Å². The molecule has 18 heteroatoms. The van der Waals surface area contributed by atoms with E-state index in [9.17, 15) is 10.1 Å². The molecule has 6 rings (SSSR count). The van der Waals surface area contributed by atoms with Gasteiger partial charge in [0.05, 0.1) is 65.8 Å². The summed E-state index contributed by atoms with van der Waals surface area (Å²) in [6.45, 7) is 8.84. The lowest BCUT2D eigenvalue weighted by Crippen LogP contribution is -2.43. The zero-order chi connectivity index (χ0) is 45.8. The first-order chi connectivity index (χ1) is 30.9. The summed E-state index contributed by atoms with van der Waals surface area (Å²) in [6.07, 6.45) is -0.285. The lowest BCUT2D eigenvalue weighted by molar-refractivity contribution is -0.0966.